The quantitative estimate of drug-likeness (QED) is 0.0699. The summed E-state index contributed by atoms with van der Waals surface area (Å²) < 4.78 is 97.6. The SMILES string of the molecule is Cc1c(C)c(-n2c3ccccc3c3ccccc32)c(-n2c3ccc(OCCCOc4cc(-n5c6ccccc6c6ccccc65)nc(-n5c6ccccc6c6ccccc65)c4)cc3c3cc(OCCCOc4ccc5c(c4)oc4c(-n6c7ccccc7c7ccccc76)cc(-n6c7ccccc7c7ccccc76)nc45)ccc32)c(-n2c3ccccc3c3ccccc32)c1-c1cccc(C(F)(F)F)c1. The van der Waals surface area contributed by atoms with Gasteiger partial charge in [0.25, 0.3) is 0 Å². The fourth-order valence-electron chi connectivity index (χ4n) is 22.0. The van der Waals surface area contributed by atoms with Crippen LogP contribution in [0.2, 0.25) is 0 Å². The van der Waals surface area contributed by atoms with Gasteiger partial charge in [0, 0.05) is 123 Å². The number of hydrogen-bond donors (Lipinski definition) is 0. The Hall–Kier alpha value is -17.6. The van der Waals surface area contributed by atoms with E-state index in [9.17, 15) is 0 Å². The van der Waals surface area contributed by atoms with E-state index in [0.29, 0.717) is 83.6 Å². The smallest absolute Gasteiger partial charge is 0.416 e. The zero-order chi connectivity index (χ0) is 91.7. The Kier molecular flexibility index (Phi) is 18.3. The third-order valence-corrected chi connectivity index (χ3v) is 28.0. The van der Waals surface area contributed by atoms with E-state index in [-0.39, 0.29) is 6.61 Å². The molecule has 17 heteroatoms. The van der Waals surface area contributed by atoms with E-state index in [4.69, 9.17) is 33.3 Å². The lowest BCUT2D eigenvalue weighted by Gasteiger charge is -2.29. The number of fused-ring (bicyclic) bond motifs is 24. The third kappa shape index (κ3) is 12.5. The summed E-state index contributed by atoms with van der Waals surface area (Å²) in [5, 5.41) is 15.7. The van der Waals surface area contributed by atoms with Crippen LogP contribution in [0.25, 0.3) is 226 Å². The highest BCUT2D eigenvalue weighted by Crippen LogP contribution is 2.52. The van der Waals surface area contributed by atoms with Gasteiger partial charge in [0.2, 0.25) is 0 Å². The summed E-state index contributed by atoms with van der Waals surface area (Å²) in [6.45, 7) is 5.39. The topological polar surface area (TPSA) is 110 Å². The lowest BCUT2D eigenvalue weighted by atomic mass is 9.90. The summed E-state index contributed by atoms with van der Waals surface area (Å²) in [7, 11) is 0. The average Bonchev–Trinajstić information content (AvgIpc) is 1.51. The molecule has 10 heterocycles. The molecule has 27 rings (SSSR count). The molecule has 0 fully saturated rings. The molecule has 17 aromatic carbocycles. The monoisotopic (exact) mass is 1800 g/mol. The molecule has 0 radical (unpaired) electrons. The van der Waals surface area contributed by atoms with Crippen LogP contribution < -0.4 is 18.9 Å². The van der Waals surface area contributed by atoms with Crippen LogP contribution in [0, 0.1) is 13.8 Å². The Balaban J connectivity index is 0.579. The van der Waals surface area contributed by atoms with Crippen molar-refractivity contribution in [1.29, 1.82) is 0 Å². The van der Waals surface area contributed by atoms with Crippen molar-refractivity contribution in [2.24, 2.45) is 0 Å². The van der Waals surface area contributed by atoms with E-state index in [0.717, 1.165) is 215 Å². The first-order valence-electron chi connectivity index (χ1n) is 46.7. The second kappa shape index (κ2) is 31.5. The van der Waals surface area contributed by atoms with Crippen LogP contribution in [0.1, 0.15) is 29.5 Å². The van der Waals surface area contributed by atoms with Gasteiger partial charge in [-0.3, -0.25) is 13.7 Å². The fraction of sp³-hybridized carbons (Fsp3) is 0.0744. The minimum Gasteiger partial charge on any atom is -0.493 e. The summed E-state index contributed by atoms with van der Waals surface area (Å²) in [6, 6.07) is 132. The molecule has 27 aromatic rings. The summed E-state index contributed by atoms with van der Waals surface area (Å²) >= 11 is 0. The van der Waals surface area contributed by atoms with Crippen molar-refractivity contribution in [3.63, 3.8) is 0 Å². The van der Waals surface area contributed by atoms with E-state index in [1.807, 2.05) is 66.7 Å². The normalized spacial score (nSPS) is 12.3. The number of ether oxygens (including phenoxy) is 4. The molecular formula is C121H82F3N9O5. The fourth-order valence-corrected chi connectivity index (χ4v) is 22.0. The maximum atomic E-state index is 15.6. The standard InChI is InChI=1S/C121H82F3N9O5/c1-73-74(2)117(131-104-52-23-11-40-89(104)90-41-12-24-53-105(90)131)119(118(115(73)75-30-27-31-76(66-75)121(122,123)124)132-106-54-25-13-42-91(106)92-43-14-26-55-107(92)132)133-108-60-57-77(134-62-28-64-136-79-56-59-93-111(69-79)138-120-110(127-96-44-15-3-32-81(96)82-33-4-16-45-97(82)127)72-114(126-116(93)120)130-102-50-21-9-38-87(102)88-39-10-22-51-103(88)130)67-94(108)95-68-78(58-61-109(95)133)135-63-29-65-137-80-70-112(128-98-46-17-5-34-83(98)84-35-6-18-47-99(84)128)125-113(71-80)129-100-48-19-7-36-85(100)86-37-8-20-49-101(86)129/h3-27,30-61,66-72H,28-29,62-65H2,1-2H3. The van der Waals surface area contributed by atoms with Crippen LogP contribution in [0.5, 0.6) is 23.0 Å². The second-order valence-electron chi connectivity index (χ2n) is 35.7. The number of para-hydroxylation sites is 12. The molecule has 138 heavy (non-hydrogen) atoms. The van der Waals surface area contributed by atoms with E-state index in [1.54, 1.807) is 0 Å². The van der Waals surface area contributed by atoms with E-state index < -0.39 is 11.7 Å². The largest absolute Gasteiger partial charge is 0.493 e. The molecule has 0 aliphatic carbocycles. The minimum absolute atomic E-state index is 0.289. The average molecular weight is 1800 g/mol. The van der Waals surface area contributed by atoms with Crippen molar-refractivity contribution >= 4 is 175 Å². The Bertz CT molecular complexity index is 9310. The van der Waals surface area contributed by atoms with Crippen LogP contribution >= 0.6 is 0 Å². The number of halogens is 3. The number of rotatable bonds is 20. The highest BCUT2D eigenvalue weighted by atomic mass is 19.4. The highest BCUT2D eigenvalue weighted by Gasteiger charge is 2.36. The molecule has 0 amide bonds. The Morgan fingerprint density at radius 1 is 0.254 bits per heavy atom. The number of furan rings is 1. The van der Waals surface area contributed by atoms with Crippen molar-refractivity contribution in [2.75, 3.05) is 26.4 Å². The van der Waals surface area contributed by atoms with Gasteiger partial charge in [-0.2, -0.15) is 13.2 Å². The van der Waals surface area contributed by atoms with E-state index in [2.05, 4.69) is 349 Å². The van der Waals surface area contributed by atoms with E-state index >= 15 is 13.2 Å². The molecule has 0 unspecified atom stereocenters. The molecular weight excluding hydrogens is 1720 g/mol. The zero-order valence-electron chi connectivity index (χ0n) is 74.9. The van der Waals surface area contributed by atoms with E-state index in [1.165, 1.54) is 12.1 Å². The number of pyridine rings is 2. The molecule has 0 atom stereocenters. The molecule has 0 spiro atoms. The molecule has 0 aliphatic rings. The predicted molar refractivity (Wildman–Crippen MR) is 554 cm³/mol. The number of nitrogens with zero attached hydrogens (tertiary/aromatic N) is 9. The first kappa shape index (κ1) is 80.1. The van der Waals surface area contributed by atoms with Crippen LogP contribution in [0.3, 0.4) is 0 Å². The van der Waals surface area contributed by atoms with Gasteiger partial charge < -0.3 is 41.6 Å². The van der Waals surface area contributed by atoms with Gasteiger partial charge in [0.05, 0.1) is 132 Å². The first-order chi connectivity index (χ1) is 68.0. The number of aromatic nitrogens is 9. The summed E-state index contributed by atoms with van der Waals surface area (Å²) in [4.78, 5) is 11.1. The molecule has 662 valence electrons. The maximum Gasteiger partial charge on any atom is 0.416 e. The Labute approximate surface area is 786 Å². The van der Waals surface area contributed by atoms with Crippen LogP contribution in [-0.2, 0) is 6.18 Å². The predicted octanol–water partition coefficient (Wildman–Crippen LogP) is 31.1. The highest BCUT2D eigenvalue weighted by molar-refractivity contribution is 6.19. The van der Waals surface area contributed by atoms with Gasteiger partial charge in [-0.05, 0) is 164 Å². The van der Waals surface area contributed by atoms with Crippen LogP contribution in [0.4, 0.5) is 13.2 Å². The van der Waals surface area contributed by atoms with Crippen LogP contribution in [0.15, 0.2) is 393 Å². The number of hydrogen-bond acceptors (Lipinski definition) is 7. The molecule has 0 aliphatic heterocycles. The van der Waals surface area contributed by atoms with Gasteiger partial charge in [-0.25, -0.2) is 9.97 Å². The van der Waals surface area contributed by atoms with Gasteiger partial charge in [0.15, 0.2) is 5.58 Å². The Morgan fingerprint density at radius 2 is 0.565 bits per heavy atom. The van der Waals surface area contributed by atoms with Crippen molar-refractivity contribution in [3.8, 4) is 74.3 Å². The van der Waals surface area contributed by atoms with Crippen molar-refractivity contribution < 1.29 is 36.5 Å². The molecule has 0 saturated heterocycles. The third-order valence-electron chi connectivity index (χ3n) is 28.0. The zero-order valence-corrected chi connectivity index (χ0v) is 74.9. The molecule has 14 nitrogen and oxygen atoms in total. The molecule has 0 bridgehead atoms. The Morgan fingerprint density at radius 3 is 0.942 bits per heavy atom. The lowest BCUT2D eigenvalue weighted by Crippen LogP contribution is -2.14. The van der Waals surface area contributed by atoms with Gasteiger partial charge in [-0.1, -0.05) is 231 Å². The van der Waals surface area contributed by atoms with Gasteiger partial charge in [0.1, 0.15) is 51.6 Å². The number of benzene rings is 17. The van der Waals surface area contributed by atoms with Gasteiger partial charge >= 0.3 is 6.18 Å². The van der Waals surface area contributed by atoms with Crippen molar-refractivity contribution in [1.82, 2.24) is 41.9 Å². The summed E-state index contributed by atoms with van der Waals surface area (Å²) in [5.41, 5.74) is 20.8. The maximum absolute atomic E-state index is 15.6. The number of alkyl halides is 3. The van der Waals surface area contributed by atoms with Crippen molar-refractivity contribution in [3.05, 3.63) is 405 Å². The summed E-state index contributed by atoms with van der Waals surface area (Å²) in [6.07, 6.45) is -3.63. The van der Waals surface area contributed by atoms with Crippen LogP contribution in [-0.4, -0.2) is 68.4 Å². The first-order valence-corrected chi connectivity index (χ1v) is 46.7. The lowest BCUT2D eigenvalue weighted by molar-refractivity contribution is -0.137. The molecule has 10 aromatic heterocycles. The second-order valence-corrected chi connectivity index (χ2v) is 35.7. The minimum atomic E-state index is -4.66. The van der Waals surface area contributed by atoms with Crippen molar-refractivity contribution in [2.45, 2.75) is 32.9 Å². The summed E-state index contributed by atoms with van der Waals surface area (Å²) in [5.74, 6) is 4.72. The molecule has 0 N–H and O–H groups in total. The van der Waals surface area contributed by atoms with Gasteiger partial charge in [-0.15, -0.1) is 0 Å². The molecule has 0 saturated carbocycles.